The van der Waals surface area contributed by atoms with E-state index in [0.717, 1.165) is 12.1 Å². The van der Waals surface area contributed by atoms with Crippen molar-refractivity contribution in [1.29, 1.82) is 0 Å². The van der Waals surface area contributed by atoms with E-state index >= 15 is 0 Å². The number of amides is 1. The molecule has 0 saturated heterocycles. The average molecular weight is 276 g/mol. The van der Waals surface area contributed by atoms with Crippen LogP contribution in [0.1, 0.15) is 24.2 Å². The van der Waals surface area contributed by atoms with Crippen molar-refractivity contribution in [3.05, 3.63) is 29.8 Å². The third kappa shape index (κ3) is 6.10. The Morgan fingerprint density at radius 1 is 1.26 bits per heavy atom. The van der Waals surface area contributed by atoms with Crippen molar-refractivity contribution in [3.63, 3.8) is 0 Å². The molecule has 0 radical (unpaired) electrons. The van der Waals surface area contributed by atoms with Gasteiger partial charge in [0, 0.05) is 17.6 Å². The maximum Gasteiger partial charge on any atom is 0.573 e. The molecule has 4 nitrogen and oxygen atoms in total. The minimum Gasteiger partial charge on any atom is -0.406 e. The first-order valence-electron chi connectivity index (χ1n) is 5.50. The van der Waals surface area contributed by atoms with Crippen LogP contribution >= 0.6 is 0 Å². The van der Waals surface area contributed by atoms with E-state index in [2.05, 4.69) is 10.1 Å². The van der Waals surface area contributed by atoms with Gasteiger partial charge in [-0.15, -0.1) is 13.2 Å². The smallest absolute Gasteiger partial charge is 0.406 e. The summed E-state index contributed by atoms with van der Waals surface area (Å²) in [5.41, 5.74) is 5.37. The molecule has 0 bridgehead atoms. The Hall–Kier alpha value is -1.76. The first-order chi connectivity index (χ1) is 8.57. The number of halogens is 3. The van der Waals surface area contributed by atoms with Crippen molar-refractivity contribution in [2.24, 2.45) is 5.73 Å². The SMILES string of the molecule is CC(C)(N)CNC(=O)c1ccc(OC(F)(F)F)cc1. The third-order valence-electron chi connectivity index (χ3n) is 2.05. The van der Waals surface area contributed by atoms with E-state index in [1.165, 1.54) is 12.1 Å². The van der Waals surface area contributed by atoms with Crippen LogP contribution in [0.4, 0.5) is 13.2 Å². The van der Waals surface area contributed by atoms with Crippen molar-refractivity contribution in [1.82, 2.24) is 5.32 Å². The fourth-order valence-corrected chi connectivity index (χ4v) is 1.22. The lowest BCUT2D eigenvalue weighted by molar-refractivity contribution is -0.274. The number of rotatable bonds is 4. The fraction of sp³-hybridized carbons (Fsp3) is 0.417. The van der Waals surface area contributed by atoms with E-state index in [1.807, 2.05) is 0 Å². The number of carbonyl (C=O) groups excluding carboxylic acids is 1. The highest BCUT2D eigenvalue weighted by atomic mass is 19.4. The second-order valence-corrected chi connectivity index (χ2v) is 4.74. The lowest BCUT2D eigenvalue weighted by Crippen LogP contribution is -2.45. The summed E-state index contributed by atoms with van der Waals surface area (Å²) in [6.45, 7) is 3.74. The summed E-state index contributed by atoms with van der Waals surface area (Å²) in [7, 11) is 0. The van der Waals surface area contributed by atoms with Gasteiger partial charge in [-0.05, 0) is 38.1 Å². The van der Waals surface area contributed by atoms with Crippen molar-refractivity contribution < 1.29 is 22.7 Å². The lowest BCUT2D eigenvalue weighted by Gasteiger charge is -2.18. The van der Waals surface area contributed by atoms with Gasteiger partial charge >= 0.3 is 6.36 Å². The van der Waals surface area contributed by atoms with Gasteiger partial charge in [-0.2, -0.15) is 0 Å². The predicted molar refractivity (Wildman–Crippen MR) is 63.7 cm³/mol. The quantitative estimate of drug-likeness (QED) is 0.884. The molecule has 0 aliphatic rings. The number of hydrogen-bond acceptors (Lipinski definition) is 3. The molecule has 0 aromatic heterocycles. The molecular weight excluding hydrogens is 261 g/mol. The van der Waals surface area contributed by atoms with Gasteiger partial charge in [-0.1, -0.05) is 0 Å². The van der Waals surface area contributed by atoms with E-state index in [4.69, 9.17) is 5.73 Å². The normalized spacial score (nSPS) is 12.1. The van der Waals surface area contributed by atoms with Crippen molar-refractivity contribution >= 4 is 5.91 Å². The molecule has 3 N–H and O–H groups in total. The van der Waals surface area contributed by atoms with Gasteiger partial charge in [0.05, 0.1) is 0 Å². The summed E-state index contributed by atoms with van der Waals surface area (Å²) in [5.74, 6) is -0.778. The molecule has 0 saturated carbocycles. The largest absolute Gasteiger partial charge is 0.573 e. The van der Waals surface area contributed by atoms with Crippen LogP contribution < -0.4 is 15.8 Å². The van der Waals surface area contributed by atoms with Gasteiger partial charge in [0.2, 0.25) is 0 Å². The molecule has 1 aromatic carbocycles. The number of hydrogen-bond donors (Lipinski definition) is 2. The summed E-state index contributed by atoms with van der Waals surface area (Å²) in [4.78, 5) is 11.7. The zero-order valence-corrected chi connectivity index (χ0v) is 10.5. The van der Waals surface area contributed by atoms with Gasteiger partial charge in [-0.25, -0.2) is 0 Å². The molecule has 1 rings (SSSR count). The summed E-state index contributed by atoms with van der Waals surface area (Å²) in [6.07, 6.45) is -4.74. The first-order valence-corrected chi connectivity index (χ1v) is 5.50. The Morgan fingerprint density at radius 3 is 2.21 bits per heavy atom. The van der Waals surface area contributed by atoms with E-state index in [9.17, 15) is 18.0 Å². The minimum atomic E-state index is -4.74. The highest BCUT2D eigenvalue weighted by Crippen LogP contribution is 2.22. The molecule has 0 aliphatic heterocycles. The number of ether oxygens (including phenoxy) is 1. The molecule has 1 aromatic rings. The van der Waals surface area contributed by atoms with E-state index < -0.39 is 17.8 Å². The summed E-state index contributed by atoms with van der Waals surface area (Å²) in [5, 5.41) is 2.58. The van der Waals surface area contributed by atoms with Crippen LogP contribution in [0.25, 0.3) is 0 Å². The van der Waals surface area contributed by atoms with Crippen LogP contribution in [0.5, 0.6) is 5.75 Å². The molecular formula is C12H15F3N2O2. The van der Waals surface area contributed by atoms with Gasteiger partial charge in [0.25, 0.3) is 5.91 Å². The molecule has 0 spiro atoms. The Morgan fingerprint density at radius 2 is 1.79 bits per heavy atom. The summed E-state index contributed by atoms with van der Waals surface area (Å²) >= 11 is 0. The van der Waals surface area contributed by atoms with E-state index in [-0.39, 0.29) is 17.9 Å². The number of carbonyl (C=O) groups is 1. The molecule has 0 atom stereocenters. The summed E-state index contributed by atoms with van der Waals surface area (Å²) in [6, 6.07) is 4.66. The van der Waals surface area contributed by atoms with Gasteiger partial charge in [0.1, 0.15) is 5.75 Å². The van der Waals surface area contributed by atoms with Crippen LogP contribution in [0.2, 0.25) is 0 Å². The maximum atomic E-state index is 11.9. The topological polar surface area (TPSA) is 64.3 Å². The predicted octanol–water partition coefficient (Wildman–Crippen LogP) is 2.05. The Balaban J connectivity index is 2.63. The average Bonchev–Trinajstić information content (AvgIpc) is 2.23. The molecule has 0 fully saturated rings. The molecule has 1 amide bonds. The zero-order chi connectivity index (χ0) is 14.7. The van der Waals surface area contributed by atoms with Crippen molar-refractivity contribution in [2.75, 3.05) is 6.54 Å². The van der Waals surface area contributed by atoms with Crippen LogP contribution in [-0.4, -0.2) is 24.4 Å². The number of nitrogens with one attached hydrogen (secondary N) is 1. The second kappa shape index (κ2) is 5.48. The van der Waals surface area contributed by atoms with Crippen LogP contribution in [0, 0.1) is 0 Å². The maximum absolute atomic E-state index is 11.9. The first kappa shape index (κ1) is 15.3. The number of nitrogens with two attached hydrogens (primary N) is 1. The monoisotopic (exact) mass is 276 g/mol. The Bertz CT molecular complexity index is 436. The van der Waals surface area contributed by atoms with Crippen molar-refractivity contribution in [2.45, 2.75) is 25.7 Å². The van der Waals surface area contributed by atoms with Gasteiger partial charge < -0.3 is 15.8 Å². The van der Waals surface area contributed by atoms with E-state index in [1.54, 1.807) is 13.8 Å². The van der Waals surface area contributed by atoms with Crippen LogP contribution in [-0.2, 0) is 0 Å². The molecule has 0 heterocycles. The fourth-order valence-electron chi connectivity index (χ4n) is 1.22. The molecule has 0 unspecified atom stereocenters. The van der Waals surface area contributed by atoms with Crippen LogP contribution in [0.15, 0.2) is 24.3 Å². The molecule has 7 heteroatoms. The van der Waals surface area contributed by atoms with Gasteiger partial charge in [0.15, 0.2) is 0 Å². The Labute approximate surface area is 108 Å². The highest BCUT2D eigenvalue weighted by molar-refractivity contribution is 5.94. The highest BCUT2D eigenvalue weighted by Gasteiger charge is 2.31. The molecule has 106 valence electrons. The Kier molecular flexibility index (Phi) is 4.41. The molecule has 0 aliphatic carbocycles. The third-order valence-corrected chi connectivity index (χ3v) is 2.05. The van der Waals surface area contributed by atoms with E-state index in [0.29, 0.717) is 0 Å². The second-order valence-electron chi connectivity index (χ2n) is 4.74. The standard InChI is InChI=1S/C12H15F3N2O2/c1-11(2,16)7-17-10(18)8-3-5-9(6-4-8)19-12(13,14)15/h3-6H,7,16H2,1-2H3,(H,17,18). The molecule has 19 heavy (non-hydrogen) atoms. The van der Waals surface area contributed by atoms with Crippen molar-refractivity contribution in [3.8, 4) is 5.75 Å². The zero-order valence-electron chi connectivity index (χ0n) is 10.5. The summed E-state index contributed by atoms with van der Waals surface area (Å²) < 4.78 is 39.5. The van der Waals surface area contributed by atoms with Gasteiger partial charge in [-0.3, -0.25) is 4.79 Å². The van der Waals surface area contributed by atoms with Crippen LogP contribution in [0.3, 0.4) is 0 Å². The number of benzene rings is 1. The lowest BCUT2D eigenvalue weighted by atomic mass is 10.1. The number of alkyl halides is 3. The minimum absolute atomic E-state index is 0.235.